The normalized spacial score (nSPS) is 23.6. The Morgan fingerprint density at radius 1 is 1.67 bits per heavy atom. The molecule has 0 bridgehead atoms. The van der Waals surface area contributed by atoms with Crippen LogP contribution in [0.15, 0.2) is 35.1 Å². The van der Waals surface area contributed by atoms with Crippen molar-refractivity contribution in [1.82, 2.24) is 4.98 Å². The minimum absolute atomic E-state index is 0.471. The molecular formula is C12H14BrNO. The number of ether oxygens (including phenoxy) is 1. The van der Waals surface area contributed by atoms with Crippen molar-refractivity contribution in [2.75, 3.05) is 6.61 Å². The van der Waals surface area contributed by atoms with Gasteiger partial charge in [-0.15, -0.1) is 0 Å². The summed E-state index contributed by atoms with van der Waals surface area (Å²) in [4.78, 5) is 4.39. The number of rotatable bonds is 4. The Kier molecular flexibility index (Phi) is 3.10. The van der Waals surface area contributed by atoms with Gasteiger partial charge in [0, 0.05) is 28.2 Å². The van der Waals surface area contributed by atoms with Crippen molar-refractivity contribution >= 4 is 15.9 Å². The summed E-state index contributed by atoms with van der Waals surface area (Å²) in [6.07, 6.45) is 2.96. The van der Waals surface area contributed by atoms with Crippen LogP contribution in [0.2, 0.25) is 0 Å². The Labute approximate surface area is 98.5 Å². The maximum absolute atomic E-state index is 5.41. The van der Waals surface area contributed by atoms with Crippen LogP contribution in [0.4, 0.5) is 0 Å². The second-order valence-electron chi connectivity index (χ2n) is 3.75. The number of hydrogen-bond donors (Lipinski definition) is 0. The van der Waals surface area contributed by atoms with Crippen LogP contribution in [-0.4, -0.2) is 11.6 Å². The van der Waals surface area contributed by atoms with E-state index in [-0.39, 0.29) is 0 Å². The van der Waals surface area contributed by atoms with Gasteiger partial charge >= 0.3 is 0 Å². The molecule has 0 N–H and O–H groups in total. The van der Waals surface area contributed by atoms with E-state index in [2.05, 4.69) is 33.6 Å². The topological polar surface area (TPSA) is 22.1 Å². The molecule has 0 saturated heterocycles. The van der Waals surface area contributed by atoms with Crippen molar-refractivity contribution in [2.24, 2.45) is 5.92 Å². The van der Waals surface area contributed by atoms with Crippen molar-refractivity contribution in [3.8, 4) is 0 Å². The van der Waals surface area contributed by atoms with E-state index >= 15 is 0 Å². The molecule has 1 fully saturated rings. The first kappa shape index (κ1) is 10.7. The molecule has 0 spiro atoms. The fourth-order valence-electron chi connectivity index (χ4n) is 1.78. The molecule has 1 saturated carbocycles. The Hall–Kier alpha value is -0.830. The van der Waals surface area contributed by atoms with Gasteiger partial charge in [0.05, 0.1) is 12.4 Å². The fraction of sp³-hybridized carbons (Fsp3) is 0.417. The smallest absolute Gasteiger partial charge is 0.0925 e. The molecule has 1 aliphatic carbocycles. The molecule has 0 unspecified atom stereocenters. The molecule has 15 heavy (non-hydrogen) atoms. The summed E-state index contributed by atoms with van der Waals surface area (Å²) in [5, 5.41) is 0. The molecule has 0 aliphatic heterocycles. The van der Waals surface area contributed by atoms with E-state index in [4.69, 9.17) is 4.74 Å². The Morgan fingerprint density at radius 2 is 2.47 bits per heavy atom. The van der Waals surface area contributed by atoms with Gasteiger partial charge in [0.2, 0.25) is 0 Å². The number of hydrogen-bond acceptors (Lipinski definition) is 2. The van der Waals surface area contributed by atoms with E-state index in [1.165, 1.54) is 0 Å². The van der Waals surface area contributed by atoms with Gasteiger partial charge in [0.15, 0.2) is 0 Å². The van der Waals surface area contributed by atoms with Crippen molar-refractivity contribution in [3.63, 3.8) is 0 Å². The lowest BCUT2D eigenvalue weighted by Crippen LogP contribution is -1.95. The molecule has 1 aromatic rings. The van der Waals surface area contributed by atoms with E-state index in [9.17, 15) is 0 Å². The first-order valence-electron chi connectivity index (χ1n) is 5.15. The van der Waals surface area contributed by atoms with Crippen LogP contribution in [0.5, 0.6) is 0 Å². The molecule has 2 rings (SSSR count). The predicted octanol–water partition coefficient (Wildman–Crippen LogP) is 3.50. The summed E-state index contributed by atoms with van der Waals surface area (Å²) in [7, 11) is 0. The highest BCUT2D eigenvalue weighted by atomic mass is 79.9. The molecule has 2 nitrogen and oxygen atoms in total. The molecule has 80 valence electrons. The minimum atomic E-state index is 0.471. The zero-order chi connectivity index (χ0) is 10.8. The molecule has 0 aromatic carbocycles. The maximum atomic E-state index is 5.41. The second-order valence-corrected chi connectivity index (χ2v) is 4.66. The number of halogens is 1. The maximum Gasteiger partial charge on any atom is 0.0925 e. The lowest BCUT2D eigenvalue weighted by molar-refractivity contribution is 0.213. The standard InChI is InChI=1S/C12H14BrNO/c1-3-15-8(2)10-6-11(10)12-5-4-9(13)7-14-12/h4-5,7,10-11H,2-3,6H2,1H3/t10-,11-/m1/s1. The van der Waals surface area contributed by atoms with Crippen LogP contribution in [-0.2, 0) is 4.74 Å². The predicted molar refractivity (Wildman–Crippen MR) is 63.6 cm³/mol. The van der Waals surface area contributed by atoms with Crippen LogP contribution < -0.4 is 0 Å². The van der Waals surface area contributed by atoms with Gasteiger partial charge in [0.1, 0.15) is 0 Å². The summed E-state index contributed by atoms with van der Waals surface area (Å²) in [6.45, 7) is 6.63. The van der Waals surface area contributed by atoms with E-state index in [1.807, 2.05) is 19.2 Å². The molecule has 1 heterocycles. The quantitative estimate of drug-likeness (QED) is 0.780. The summed E-state index contributed by atoms with van der Waals surface area (Å²) in [5.41, 5.74) is 1.14. The third-order valence-corrected chi connectivity index (χ3v) is 3.13. The monoisotopic (exact) mass is 267 g/mol. The minimum Gasteiger partial charge on any atom is -0.499 e. The highest BCUT2D eigenvalue weighted by molar-refractivity contribution is 9.10. The van der Waals surface area contributed by atoms with Gasteiger partial charge in [-0.3, -0.25) is 4.98 Å². The summed E-state index contributed by atoms with van der Waals surface area (Å²) >= 11 is 3.38. The molecule has 2 atom stereocenters. The van der Waals surface area contributed by atoms with Gasteiger partial charge in [-0.25, -0.2) is 0 Å². The van der Waals surface area contributed by atoms with Crippen molar-refractivity contribution < 1.29 is 4.74 Å². The number of nitrogens with zero attached hydrogens (tertiary/aromatic N) is 1. The van der Waals surface area contributed by atoms with Crippen LogP contribution >= 0.6 is 15.9 Å². The highest BCUT2D eigenvalue weighted by Crippen LogP contribution is 2.50. The lowest BCUT2D eigenvalue weighted by atomic mass is 10.2. The molecule has 0 amide bonds. The van der Waals surface area contributed by atoms with E-state index < -0.39 is 0 Å². The van der Waals surface area contributed by atoms with Gasteiger partial charge in [-0.05, 0) is 41.4 Å². The zero-order valence-electron chi connectivity index (χ0n) is 8.74. The zero-order valence-corrected chi connectivity index (χ0v) is 10.3. The SMILES string of the molecule is C=C(OCC)[C@H]1C[C@H]1c1ccc(Br)cn1. The van der Waals surface area contributed by atoms with Crippen LogP contribution in [0.1, 0.15) is 25.0 Å². The Morgan fingerprint density at radius 3 is 3.07 bits per heavy atom. The molecular weight excluding hydrogens is 254 g/mol. The van der Waals surface area contributed by atoms with E-state index in [0.717, 1.165) is 22.3 Å². The fourth-order valence-corrected chi connectivity index (χ4v) is 2.01. The van der Waals surface area contributed by atoms with E-state index in [1.54, 1.807) is 0 Å². The summed E-state index contributed by atoms with van der Waals surface area (Å²) in [6, 6.07) is 4.09. The number of allylic oxidation sites excluding steroid dienone is 1. The largest absolute Gasteiger partial charge is 0.499 e. The lowest BCUT2D eigenvalue weighted by Gasteiger charge is -2.05. The van der Waals surface area contributed by atoms with Crippen molar-refractivity contribution in [3.05, 3.63) is 40.8 Å². The Balaban J connectivity index is 1.98. The molecule has 3 heteroatoms. The third kappa shape index (κ3) is 2.40. The van der Waals surface area contributed by atoms with Crippen molar-refractivity contribution in [2.45, 2.75) is 19.3 Å². The highest BCUT2D eigenvalue weighted by Gasteiger charge is 2.42. The second kappa shape index (κ2) is 4.35. The number of aromatic nitrogens is 1. The van der Waals surface area contributed by atoms with Gasteiger partial charge < -0.3 is 4.74 Å². The van der Waals surface area contributed by atoms with Crippen LogP contribution in [0.25, 0.3) is 0 Å². The third-order valence-electron chi connectivity index (χ3n) is 2.66. The van der Waals surface area contributed by atoms with Crippen molar-refractivity contribution in [1.29, 1.82) is 0 Å². The van der Waals surface area contributed by atoms with Gasteiger partial charge in [0.25, 0.3) is 0 Å². The average molecular weight is 268 g/mol. The van der Waals surface area contributed by atoms with Gasteiger partial charge in [-0.2, -0.15) is 0 Å². The summed E-state index contributed by atoms with van der Waals surface area (Å²) < 4.78 is 6.43. The average Bonchev–Trinajstić information content (AvgIpc) is 2.99. The molecule has 0 radical (unpaired) electrons. The van der Waals surface area contributed by atoms with Gasteiger partial charge in [-0.1, -0.05) is 6.58 Å². The molecule has 1 aliphatic rings. The van der Waals surface area contributed by atoms with E-state index in [0.29, 0.717) is 18.4 Å². The van der Waals surface area contributed by atoms with Crippen LogP contribution in [0.3, 0.4) is 0 Å². The summed E-state index contributed by atoms with van der Waals surface area (Å²) in [5.74, 6) is 1.89. The first-order chi connectivity index (χ1) is 7.22. The number of pyridine rings is 1. The molecule has 1 aromatic heterocycles. The van der Waals surface area contributed by atoms with Crippen LogP contribution in [0, 0.1) is 5.92 Å². The Bertz CT molecular complexity index is 360. The first-order valence-corrected chi connectivity index (χ1v) is 5.94.